The molecule has 0 saturated heterocycles. The van der Waals surface area contributed by atoms with Gasteiger partial charge < -0.3 is 20.1 Å². The van der Waals surface area contributed by atoms with E-state index in [4.69, 9.17) is 9.47 Å². The summed E-state index contributed by atoms with van der Waals surface area (Å²) in [5.74, 6) is 1.71. The predicted octanol–water partition coefficient (Wildman–Crippen LogP) is 5.76. The number of nitrogens with zero attached hydrogens (tertiary/aromatic N) is 1. The number of aryl methyl sites for hydroxylation is 2. The summed E-state index contributed by atoms with van der Waals surface area (Å²) in [6, 6.07) is 25.4. The summed E-state index contributed by atoms with van der Waals surface area (Å²) in [4.78, 5) is 4.60. The predicted molar refractivity (Wildman–Crippen MR) is 140 cm³/mol. The number of para-hydroxylation sites is 1. The zero-order chi connectivity index (χ0) is 22.3. The first kappa shape index (κ1) is 23.9. The molecule has 5 rings (SSSR count). The van der Waals surface area contributed by atoms with Crippen LogP contribution in [0.25, 0.3) is 10.9 Å². The Kier molecular flexibility index (Phi) is 8.23. The Morgan fingerprint density at radius 1 is 0.824 bits per heavy atom. The maximum absolute atomic E-state index is 5.57. The first-order chi connectivity index (χ1) is 16.4. The second-order valence-electron chi connectivity index (χ2n) is 8.30. The number of hydrogen-bond donors (Lipinski definition) is 2. The molecule has 5 nitrogen and oxygen atoms in total. The van der Waals surface area contributed by atoms with Crippen LogP contribution in [0.1, 0.15) is 23.1 Å². The fourth-order valence-corrected chi connectivity index (χ4v) is 4.23. The van der Waals surface area contributed by atoms with E-state index < -0.39 is 0 Å². The molecule has 4 aromatic rings. The molecule has 0 spiro atoms. The van der Waals surface area contributed by atoms with Crippen LogP contribution in [0.4, 0.5) is 5.69 Å². The molecule has 2 N–H and O–H groups in total. The number of fused-ring (bicyclic) bond motifs is 2. The molecule has 176 valence electrons. The Balaban J connectivity index is 0.00000274. The lowest BCUT2D eigenvalue weighted by molar-refractivity contribution is 0.173. The summed E-state index contributed by atoms with van der Waals surface area (Å²) in [5, 5.41) is 8.25. The highest BCUT2D eigenvalue weighted by Gasteiger charge is 2.16. The van der Waals surface area contributed by atoms with Gasteiger partial charge in [0.05, 0.1) is 5.52 Å². The Morgan fingerprint density at radius 3 is 2.62 bits per heavy atom. The largest absolute Gasteiger partial charge is 0.454 e. The Bertz CT molecular complexity index is 1220. The molecule has 6 heteroatoms. The fourth-order valence-electron chi connectivity index (χ4n) is 4.23. The van der Waals surface area contributed by atoms with Gasteiger partial charge in [-0.2, -0.15) is 0 Å². The van der Waals surface area contributed by atoms with Gasteiger partial charge in [-0.3, -0.25) is 4.98 Å². The molecule has 1 aliphatic heterocycles. The van der Waals surface area contributed by atoms with E-state index in [0.29, 0.717) is 6.79 Å². The maximum Gasteiger partial charge on any atom is 0.231 e. The normalized spacial score (nSPS) is 11.9. The molecular weight excluding hydrogens is 446 g/mol. The van der Waals surface area contributed by atoms with Crippen molar-refractivity contribution in [3.63, 3.8) is 0 Å². The van der Waals surface area contributed by atoms with Crippen LogP contribution >= 0.6 is 12.4 Å². The van der Waals surface area contributed by atoms with Crippen molar-refractivity contribution in [1.82, 2.24) is 10.3 Å². The van der Waals surface area contributed by atoms with E-state index in [2.05, 4.69) is 76.3 Å². The van der Waals surface area contributed by atoms with Gasteiger partial charge in [0.25, 0.3) is 0 Å². The smallest absolute Gasteiger partial charge is 0.231 e. The Hall–Kier alpha value is -3.28. The summed E-state index contributed by atoms with van der Waals surface area (Å²) in [7, 11) is 0. The van der Waals surface area contributed by atoms with Gasteiger partial charge in [-0.25, -0.2) is 0 Å². The molecule has 0 aliphatic carbocycles. The summed E-state index contributed by atoms with van der Waals surface area (Å²) >= 11 is 0. The fraction of sp³-hybridized carbons (Fsp3) is 0.250. The molecular formula is C28H30ClN3O2. The number of pyridine rings is 1. The number of nitrogens with one attached hydrogen (secondary N) is 2. The molecule has 0 unspecified atom stereocenters. The molecule has 2 heterocycles. The topological polar surface area (TPSA) is 55.4 Å². The Morgan fingerprint density at radius 2 is 1.71 bits per heavy atom. The van der Waals surface area contributed by atoms with Crippen molar-refractivity contribution in [3.8, 4) is 11.5 Å². The number of halogens is 1. The summed E-state index contributed by atoms with van der Waals surface area (Å²) in [6.45, 7) is 2.90. The Labute approximate surface area is 206 Å². The summed E-state index contributed by atoms with van der Waals surface area (Å²) in [5.41, 5.74) is 6.01. The van der Waals surface area contributed by atoms with E-state index in [1.807, 2.05) is 18.3 Å². The molecule has 0 fully saturated rings. The van der Waals surface area contributed by atoms with Crippen molar-refractivity contribution in [2.24, 2.45) is 0 Å². The second kappa shape index (κ2) is 11.7. The standard InChI is InChI=1S/C28H29N3O2.ClH/c1-2-6-21(7-3-1)10-11-22-12-13-24-25(14-17-31-26(24)18-22)30-16-5-15-29-19-23-8-4-9-27-28(23)33-20-32-27;/h1-4,6-9,12-14,17-18,29H,5,10-11,15-16,19-20H2,(H,30,31);1H. The van der Waals surface area contributed by atoms with Crippen molar-refractivity contribution in [1.29, 1.82) is 0 Å². The summed E-state index contributed by atoms with van der Waals surface area (Å²) in [6.07, 6.45) is 4.97. The highest BCUT2D eigenvalue weighted by Crippen LogP contribution is 2.35. The van der Waals surface area contributed by atoms with Crippen LogP contribution in [0.2, 0.25) is 0 Å². The zero-order valence-electron chi connectivity index (χ0n) is 19.1. The minimum absolute atomic E-state index is 0. The third-order valence-corrected chi connectivity index (χ3v) is 5.99. The van der Waals surface area contributed by atoms with Gasteiger partial charge in [0.15, 0.2) is 11.5 Å². The quantitative estimate of drug-likeness (QED) is 0.285. The first-order valence-corrected chi connectivity index (χ1v) is 11.6. The van der Waals surface area contributed by atoms with Gasteiger partial charge in [-0.05, 0) is 55.1 Å². The number of ether oxygens (including phenoxy) is 2. The zero-order valence-corrected chi connectivity index (χ0v) is 19.9. The van der Waals surface area contributed by atoms with Crippen molar-refractivity contribution < 1.29 is 9.47 Å². The summed E-state index contributed by atoms with van der Waals surface area (Å²) < 4.78 is 11.0. The minimum Gasteiger partial charge on any atom is -0.454 e. The number of hydrogen-bond acceptors (Lipinski definition) is 5. The molecule has 3 aromatic carbocycles. The van der Waals surface area contributed by atoms with E-state index in [1.165, 1.54) is 16.5 Å². The third kappa shape index (κ3) is 5.79. The van der Waals surface area contributed by atoms with Crippen LogP contribution in [0.3, 0.4) is 0 Å². The molecule has 1 aliphatic rings. The lowest BCUT2D eigenvalue weighted by atomic mass is 10.0. The highest BCUT2D eigenvalue weighted by molar-refractivity contribution is 5.91. The van der Waals surface area contributed by atoms with Gasteiger partial charge in [0.1, 0.15) is 0 Å². The number of anilines is 1. The van der Waals surface area contributed by atoms with Gasteiger partial charge in [-0.15, -0.1) is 12.4 Å². The average molecular weight is 476 g/mol. The van der Waals surface area contributed by atoms with Gasteiger partial charge in [0.2, 0.25) is 6.79 Å². The molecule has 0 saturated carbocycles. The lowest BCUT2D eigenvalue weighted by Crippen LogP contribution is -2.18. The van der Waals surface area contributed by atoms with Crippen molar-refractivity contribution in [3.05, 3.63) is 95.7 Å². The van der Waals surface area contributed by atoms with Crippen molar-refractivity contribution in [2.45, 2.75) is 25.8 Å². The molecule has 0 amide bonds. The van der Waals surface area contributed by atoms with E-state index in [9.17, 15) is 0 Å². The molecule has 0 atom stereocenters. The third-order valence-electron chi connectivity index (χ3n) is 5.99. The monoisotopic (exact) mass is 475 g/mol. The van der Waals surface area contributed by atoms with Crippen LogP contribution in [-0.4, -0.2) is 24.9 Å². The molecule has 34 heavy (non-hydrogen) atoms. The molecule has 0 radical (unpaired) electrons. The highest BCUT2D eigenvalue weighted by atomic mass is 35.5. The van der Waals surface area contributed by atoms with E-state index in [1.54, 1.807) is 0 Å². The van der Waals surface area contributed by atoms with Crippen LogP contribution in [-0.2, 0) is 19.4 Å². The van der Waals surface area contributed by atoms with Crippen molar-refractivity contribution >= 4 is 29.0 Å². The molecule has 0 bridgehead atoms. The van der Waals surface area contributed by atoms with Crippen LogP contribution < -0.4 is 20.1 Å². The minimum atomic E-state index is 0. The van der Waals surface area contributed by atoms with Crippen LogP contribution in [0.5, 0.6) is 11.5 Å². The SMILES string of the molecule is Cl.c1ccc(CCc2ccc3c(NCCCNCc4cccc5c4OCO5)ccnc3c2)cc1. The van der Waals surface area contributed by atoms with Gasteiger partial charge in [0, 0.05) is 35.9 Å². The van der Waals surface area contributed by atoms with Crippen molar-refractivity contribution in [2.75, 3.05) is 25.2 Å². The second-order valence-corrected chi connectivity index (χ2v) is 8.30. The van der Waals surface area contributed by atoms with Crippen LogP contribution in [0, 0.1) is 0 Å². The number of rotatable bonds is 10. The lowest BCUT2D eigenvalue weighted by Gasteiger charge is -2.11. The maximum atomic E-state index is 5.57. The van der Waals surface area contributed by atoms with E-state index in [0.717, 1.165) is 67.2 Å². The number of benzene rings is 3. The van der Waals surface area contributed by atoms with E-state index >= 15 is 0 Å². The van der Waals surface area contributed by atoms with E-state index in [-0.39, 0.29) is 12.4 Å². The van der Waals surface area contributed by atoms with Gasteiger partial charge >= 0.3 is 0 Å². The number of aromatic nitrogens is 1. The molecule has 1 aromatic heterocycles. The van der Waals surface area contributed by atoms with Gasteiger partial charge in [-0.1, -0.05) is 54.6 Å². The first-order valence-electron chi connectivity index (χ1n) is 11.6. The van der Waals surface area contributed by atoms with Crippen LogP contribution in [0.15, 0.2) is 79.0 Å². The average Bonchev–Trinajstić information content (AvgIpc) is 3.35.